The van der Waals surface area contributed by atoms with Gasteiger partial charge in [0.05, 0.1) is 6.61 Å². The standard InChI is InChI=1S/C8H15NO6/c9-1-2-14-8-7(13)6(12)5(11)4(3-10)15-8/h4-6,10-13H,1-3,9H2/t4?,5-,6?/m0/s1. The Kier molecular flexibility index (Phi) is 4.15. The van der Waals surface area contributed by atoms with Crippen LogP contribution in [0.15, 0.2) is 11.7 Å². The van der Waals surface area contributed by atoms with Crippen LogP contribution < -0.4 is 5.73 Å². The normalized spacial score (nSPS) is 31.3. The molecule has 1 rings (SSSR count). The van der Waals surface area contributed by atoms with E-state index in [0.717, 1.165) is 0 Å². The Balaban J connectivity index is 2.75. The Morgan fingerprint density at radius 3 is 2.60 bits per heavy atom. The van der Waals surface area contributed by atoms with Crippen molar-refractivity contribution in [3.05, 3.63) is 11.7 Å². The highest BCUT2D eigenvalue weighted by Gasteiger charge is 2.38. The lowest BCUT2D eigenvalue weighted by Crippen LogP contribution is -2.46. The smallest absolute Gasteiger partial charge is 0.322 e. The molecule has 0 aliphatic carbocycles. The number of nitrogens with two attached hydrogens (primary N) is 1. The lowest BCUT2D eigenvalue weighted by Gasteiger charge is -2.31. The molecule has 0 radical (unpaired) electrons. The number of hydrogen-bond acceptors (Lipinski definition) is 7. The van der Waals surface area contributed by atoms with Crippen LogP contribution in [0, 0.1) is 0 Å². The van der Waals surface area contributed by atoms with E-state index in [2.05, 4.69) is 0 Å². The molecular formula is C8H15NO6. The maximum Gasteiger partial charge on any atom is 0.322 e. The van der Waals surface area contributed by atoms with Crippen molar-refractivity contribution in [2.45, 2.75) is 18.3 Å². The third-order valence-electron chi connectivity index (χ3n) is 1.98. The van der Waals surface area contributed by atoms with Gasteiger partial charge in [-0.1, -0.05) is 0 Å². The molecule has 0 bridgehead atoms. The molecule has 1 aliphatic rings. The third-order valence-corrected chi connectivity index (χ3v) is 1.98. The SMILES string of the molecule is NCCOC1=C(O)C(O)[C@@H](O)C(CO)O1. The first-order chi connectivity index (χ1) is 7.11. The van der Waals surface area contributed by atoms with Gasteiger partial charge in [-0.05, 0) is 0 Å². The fourth-order valence-corrected chi connectivity index (χ4v) is 1.16. The first-order valence-corrected chi connectivity index (χ1v) is 4.51. The Hall–Kier alpha value is -1.02. The lowest BCUT2D eigenvalue weighted by atomic mass is 10.1. The van der Waals surface area contributed by atoms with Crippen LogP contribution in [0.1, 0.15) is 0 Å². The molecule has 0 amide bonds. The van der Waals surface area contributed by atoms with Gasteiger partial charge in [0.15, 0.2) is 6.10 Å². The molecule has 1 aliphatic heterocycles. The van der Waals surface area contributed by atoms with Crippen LogP contribution in [-0.2, 0) is 9.47 Å². The van der Waals surface area contributed by atoms with Crippen molar-refractivity contribution in [1.29, 1.82) is 0 Å². The van der Waals surface area contributed by atoms with Crippen LogP contribution in [0.25, 0.3) is 0 Å². The van der Waals surface area contributed by atoms with Gasteiger partial charge in [0, 0.05) is 6.54 Å². The molecule has 2 unspecified atom stereocenters. The molecule has 6 N–H and O–H groups in total. The van der Waals surface area contributed by atoms with Crippen molar-refractivity contribution in [3.8, 4) is 0 Å². The molecule has 0 saturated heterocycles. The second kappa shape index (κ2) is 5.17. The molecule has 0 aromatic carbocycles. The Bertz CT molecular complexity index is 243. The quantitative estimate of drug-likeness (QED) is 0.365. The predicted octanol–water partition coefficient (Wildman–Crippen LogP) is -2.20. The summed E-state index contributed by atoms with van der Waals surface area (Å²) in [6.45, 7) is -0.191. The molecule has 3 atom stereocenters. The summed E-state index contributed by atoms with van der Waals surface area (Å²) < 4.78 is 9.82. The van der Waals surface area contributed by atoms with Crippen molar-refractivity contribution in [3.63, 3.8) is 0 Å². The van der Waals surface area contributed by atoms with Crippen molar-refractivity contribution in [1.82, 2.24) is 0 Å². The monoisotopic (exact) mass is 221 g/mol. The van der Waals surface area contributed by atoms with Gasteiger partial charge >= 0.3 is 5.95 Å². The summed E-state index contributed by atoms with van der Waals surface area (Å²) in [7, 11) is 0. The van der Waals surface area contributed by atoms with E-state index in [1.54, 1.807) is 0 Å². The highest BCUT2D eigenvalue weighted by molar-refractivity contribution is 5.08. The van der Waals surface area contributed by atoms with Gasteiger partial charge in [-0.15, -0.1) is 0 Å². The van der Waals surface area contributed by atoms with Crippen molar-refractivity contribution < 1.29 is 29.9 Å². The molecule has 7 heteroatoms. The summed E-state index contributed by atoms with van der Waals surface area (Å²) in [6, 6.07) is 0. The summed E-state index contributed by atoms with van der Waals surface area (Å²) in [4.78, 5) is 0. The number of aliphatic hydroxyl groups is 4. The van der Waals surface area contributed by atoms with Crippen LogP contribution in [-0.4, -0.2) is 58.5 Å². The molecule has 7 nitrogen and oxygen atoms in total. The first kappa shape index (κ1) is 12.1. The Morgan fingerprint density at radius 2 is 2.07 bits per heavy atom. The molecular weight excluding hydrogens is 206 g/mol. The maximum absolute atomic E-state index is 9.36. The minimum Gasteiger partial charge on any atom is -0.504 e. The second-order valence-electron chi connectivity index (χ2n) is 3.08. The van der Waals surface area contributed by atoms with Crippen LogP contribution >= 0.6 is 0 Å². The van der Waals surface area contributed by atoms with Gasteiger partial charge in [-0.3, -0.25) is 0 Å². The van der Waals surface area contributed by atoms with Crippen molar-refractivity contribution in [2.75, 3.05) is 19.8 Å². The fraction of sp³-hybridized carbons (Fsp3) is 0.750. The summed E-state index contributed by atoms with van der Waals surface area (Å²) in [6.07, 6.45) is -3.94. The first-order valence-electron chi connectivity index (χ1n) is 4.51. The minimum absolute atomic E-state index is 0.0976. The van der Waals surface area contributed by atoms with E-state index in [9.17, 15) is 15.3 Å². The molecule has 0 aromatic heterocycles. The summed E-state index contributed by atoms with van der Waals surface area (Å²) in [5, 5.41) is 36.9. The molecule has 0 aromatic rings. The molecule has 0 saturated carbocycles. The fourth-order valence-electron chi connectivity index (χ4n) is 1.16. The van der Waals surface area contributed by atoms with Crippen molar-refractivity contribution in [2.24, 2.45) is 5.73 Å². The molecule has 0 spiro atoms. The van der Waals surface area contributed by atoms with Crippen LogP contribution in [0.3, 0.4) is 0 Å². The number of rotatable bonds is 4. The average molecular weight is 221 g/mol. The van der Waals surface area contributed by atoms with E-state index < -0.39 is 30.7 Å². The number of aliphatic hydroxyl groups excluding tert-OH is 4. The zero-order valence-electron chi connectivity index (χ0n) is 8.04. The van der Waals surface area contributed by atoms with Gasteiger partial charge in [0.1, 0.15) is 18.8 Å². The van der Waals surface area contributed by atoms with E-state index in [0.29, 0.717) is 0 Å². The van der Waals surface area contributed by atoms with E-state index in [1.165, 1.54) is 0 Å². The number of ether oxygens (including phenoxy) is 2. The average Bonchev–Trinajstić information content (AvgIpc) is 2.25. The van der Waals surface area contributed by atoms with Crippen LogP contribution in [0.5, 0.6) is 0 Å². The molecule has 1 heterocycles. The van der Waals surface area contributed by atoms with E-state index in [-0.39, 0.29) is 19.1 Å². The van der Waals surface area contributed by atoms with Gasteiger partial charge in [-0.25, -0.2) is 0 Å². The Morgan fingerprint density at radius 1 is 1.40 bits per heavy atom. The summed E-state index contributed by atoms with van der Waals surface area (Å²) in [5.74, 6) is -0.905. The summed E-state index contributed by atoms with van der Waals surface area (Å²) >= 11 is 0. The van der Waals surface area contributed by atoms with Crippen LogP contribution in [0.4, 0.5) is 0 Å². The largest absolute Gasteiger partial charge is 0.504 e. The summed E-state index contributed by atoms with van der Waals surface area (Å²) in [5.41, 5.74) is 5.17. The zero-order chi connectivity index (χ0) is 11.4. The lowest BCUT2D eigenvalue weighted by molar-refractivity contribution is -0.147. The van der Waals surface area contributed by atoms with Gasteiger partial charge in [-0.2, -0.15) is 0 Å². The Labute approximate surface area is 86.3 Å². The maximum atomic E-state index is 9.36. The molecule has 15 heavy (non-hydrogen) atoms. The van der Waals surface area contributed by atoms with E-state index in [4.69, 9.17) is 20.3 Å². The van der Waals surface area contributed by atoms with Gasteiger partial charge in [0.2, 0.25) is 5.76 Å². The molecule has 0 fully saturated rings. The van der Waals surface area contributed by atoms with Crippen molar-refractivity contribution >= 4 is 0 Å². The van der Waals surface area contributed by atoms with Gasteiger partial charge in [0.25, 0.3) is 0 Å². The van der Waals surface area contributed by atoms with E-state index >= 15 is 0 Å². The van der Waals surface area contributed by atoms with Gasteiger partial charge < -0.3 is 35.6 Å². The zero-order valence-corrected chi connectivity index (χ0v) is 8.04. The van der Waals surface area contributed by atoms with E-state index in [1.807, 2.05) is 0 Å². The number of hydrogen-bond donors (Lipinski definition) is 5. The topological polar surface area (TPSA) is 125 Å². The highest BCUT2D eigenvalue weighted by atomic mass is 16.7. The molecule has 88 valence electrons. The minimum atomic E-state index is -1.52. The second-order valence-corrected chi connectivity index (χ2v) is 3.08. The third kappa shape index (κ3) is 2.51. The highest BCUT2D eigenvalue weighted by Crippen LogP contribution is 2.23. The predicted molar refractivity (Wildman–Crippen MR) is 48.6 cm³/mol. The van der Waals surface area contributed by atoms with Crippen LogP contribution in [0.2, 0.25) is 0 Å².